The molecule has 0 unspecified atom stereocenters. The minimum absolute atomic E-state index is 0.0261. The quantitative estimate of drug-likeness (QED) is 0.436. The third kappa shape index (κ3) is 5.12. The SMILES string of the molecule is COc1ccccc1N(C)S(=O)(=O)c1ccc(C(=O)OCc2ccc(Cl)cc2Cl)cc1. The molecule has 0 N–H and O–H groups in total. The van der Waals surface area contributed by atoms with Crippen LogP contribution in [0.3, 0.4) is 0 Å². The molecule has 31 heavy (non-hydrogen) atoms. The number of ether oxygens (including phenoxy) is 2. The molecule has 3 rings (SSSR count). The van der Waals surface area contributed by atoms with Gasteiger partial charge in [-0.15, -0.1) is 0 Å². The van der Waals surface area contributed by atoms with E-state index in [4.69, 9.17) is 32.7 Å². The number of hydrogen-bond acceptors (Lipinski definition) is 5. The Balaban J connectivity index is 1.74. The number of carbonyl (C=O) groups excluding carboxylic acids is 1. The number of hydrogen-bond donors (Lipinski definition) is 0. The molecule has 0 heterocycles. The largest absolute Gasteiger partial charge is 0.495 e. The van der Waals surface area contributed by atoms with Crippen LogP contribution in [-0.4, -0.2) is 28.5 Å². The van der Waals surface area contributed by atoms with Crippen molar-refractivity contribution in [1.82, 2.24) is 0 Å². The Labute approximate surface area is 191 Å². The highest BCUT2D eigenvalue weighted by Crippen LogP contribution is 2.31. The van der Waals surface area contributed by atoms with E-state index in [0.717, 1.165) is 4.31 Å². The molecule has 3 aromatic rings. The molecule has 0 atom stereocenters. The van der Waals surface area contributed by atoms with Gasteiger partial charge in [0, 0.05) is 22.7 Å². The molecule has 0 aliphatic rings. The van der Waals surface area contributed by atoms with E-state index in [1.807, 2.05) is 0 Å². The Bertz CT molecular complexity index is 1200. The number of nitrogens with zero attached hydrogens (tertiary/aromatic N) is 1. The summed E-state index contributed by atoms with van der Waals surface area (Å²) in [6.45, 7) is -0.0363. The van der Waals surface area contributed by atoms with E-state index in [2.05, 4.69) is 0 Å². The van der Waals surface area contributed by atoms with Crippen molar-refractivity contribution in [2.24, 2.45) is 0 Å². The van der Waals surface area contributed by atoms with Crippen LogP contribution in [0.1, 0.15) is 15.9 Å². The standard InChI is InChI=1S/C22H19Cl2NO5S/c1-25(20-5-3-4-6-21(20)29-2)31(27,28)18-11-8-15(9-12-18)22(26)30-14-16-7-10-17(23)13-19(16)24/h3-13H,14H2,1-2H3. The van der Waals surface area contributed by atoms with Crippen LogP contribution in [0.2, 0.25) is 10.0 Å². The summed E-state index contributed by atoms with van der Waals surface area (Å²) in [6.07, 6.45) is 0. The number of carbonyl (C=O) groups is 1. The fourth-order valence-electron chi connectivity index (χ4n) is 2.81. The van der Waals surface area contributed by atoms with Gasteiger partial charge in [0.15, 0.2) is 0 Å². The summed E-state index contributed by atoms with van der Waals surface area (Å²) in [7, 11) is -0.956. The first-order valence-corrected chi connectivity index (χ1v) is 11.3. The Morgan fingerprint density at radius 1 is 1.00 bits per heavy atom. The zero-order valence-electron chi connectivity index (χ0n) is 16.7. The fourth-order valence-corrected chi connectivity index (χ4v) is 4.47. The van der Waals surface area contributed by atoms with E-state index in [-0.39, 0.29) is 17.1 Å². The van der Waals surface area contributed by atoms with Crippen LogP contribution in [0.15, 0.2) is 71.6 Å². The van der Waals surface area contributed by atoms with Gasteiger partial charge in [0.05, 0.1) is 23.3 Å². The molecular weight excluding hydrogens is 461 g/mol. The lowest BCUT2D eigenvalue weighted by Gasteiger charge is -2.21. The summed E-state index contributed by atoms with van der Waals surface area (Å²) < 4.78 is 37.6. The topological polar surface area (TPSA) is 72.9 Å². The maximum absolute atomic E-state index is 13.0. The zero-order chi connectivity index (χ0) is 22.6. The minimum Gasteiger partial charge on any atom is -0.495 e. The molecule has 0 amide bonds. The van der Waals surface area contributed by atoms with Gasteiger partial charge < -0.3 is 9.47 Å². The Morgan fingerprint density at radius 3 is 2.32 bits per heavy atom. The number of esters is 1. The van der Waals surface area contributed by atoms with E-state index < -0.39 is 16.0 Å². The third-order valence-corrected chi connectivity index (χ3v) is 6.92. The highest BCUT2D eigenvalue weighted by Gasteiger charge is 2.24. The van der Waals surface area contributed by atoms with E-state index in [9.17, 15) is 13.2 Å². The van der Waals surface area contributed by atoms with Gasteiger partial charge in [-0.2, -0.15) is 0 Å². The van der Waals surface area contributed by atoms with Gasteiger partial charge in [0.1, 0.15) is 12.4 Å². The first-order chi connectivity index (χ1) is 14.7. The molecule has 3 aromatic carbocycles. The van der Waals surface area contributed by atoms with Gasteiger partial charge in [-0.3, -0.25) is 4.31 Å². The number of para-hydroxylation sites is 2. The summed E-state index contributed by atoms with van der Waals surface area (Å²) in [4.78, 5) is 12.4. The van der Waals surface area contributed by atoms with Gasteiger partial charge in [-0.25, -0.2) is 13.2 Å². The number of benzene rings is 3. The van der Waals surface area contributed by atoms with Crippen molar-refractivity contribution in [2.45, 2.75) is 11.5 Å². The summed E-state index contributed by atoms with van der Waals surface area (Å²) in [5.74, 6) is -0.178. The second kappa shape index (κ2) is 9.60. The second-order valence-corrected chi connectivity index (χ2v) is 9.29. The van der Waals surface area contributed by atoms with Crippen molar-refractivity contribution in [1.29, 1.82) is 0 Å². The van der Waals surface area contributed by atoms with Crippen molar-refractivity contribution >= 4 is 44.9 Å². The molecule has 9 heteroatoms. The summed E-state index contributed by atoms with van der Waals surface area (Å²) in [6, 6.07) is 17.2. The molecule has 0 aromatic heterocycles. The number of rotatable bonds is 7. The van der Waals surface area contributed by atoms with Gasteiger partial charge >= 0.3 is 5.97 Å². The highest BCUT2D eigenvalue weighted by molar-refractivity contribution is 7.92. The second-order valence-electron chi connectivity index (χ2n) is 6.48. The summed E-state index contributed by atoms with van der Waals surface area (Å²) in [5, 5.41) is 0.871. The van der Waals surface area contributed by atoms with E-state index in [1.54, 1.807) is 42.5 Å². The smallest absolute Gasteiger partial charge is 0.338 e. The van der Waals surface area contributed by atoms with Crippen molar-refractivity contribution in [2.75, 3.05) is 18.5 Å². The first kappa shape index (κ1) is 22.9. The van der Waals surface area contributed by atoms with Gasteiger partial charge in [0.25, 0.3) is 10.0 Å². The van der Waals surface area contributed by atoms with Crippen LogP contribution in [-0.2, 0) is 21.4 Å². The zero-order valence-corrected chi connectivity index (χ0v) is 19.0. The molecule has 162 valence electrons. The normalized spacial score (nSPS) is 11.1. The maximum atomic E-state index is 13.0. The predicted octanol–water partition coefficient (Wildman–Crippen LogP) is 5.18. The third-order valence-electron chi connectivity index (χ3n) is 4.55. The number of sulfonamides is 1. The molecular formula is C22H19Cl2NO5S. The minimum atomic E-state index is -3.86. The molecule has 0 radical (unpaired) electrons. The van der Waals surface area contributed by atoms with Crippen LogP contribution in [0.25, 0.3) is 0 Å². The number of methoxy groups -OCH3 is 1. The maximum Gasteiger partial charge on any atom is 0.338 e. The van der Waals surface area contributed by atoms with E-state index in [0.29, 0.717) is 27.0 Å². The monoisotopic (exact) mass is 479 g/mol. The molecule has 0 saturated heterocycles. The molecule has 0 fully saturated rings. The molecule has 6 nitrogen and oxygen atoms in total. The van der Waals surface area contributed by atoms with Crippen molar-refractivity contribution in [3.8, 4) is 5.75 Å². The predicted molar refractivity (Wildman–Crippen MR) is 121 cm³/mol. The van der Waals surface area contributed by atoms with Crippen molar-refractivity contribution in [3.63, 3.8) is 0 Å². The van der Waals surface area contributed by atoms with Crippen molar-refractivity contribution < 1.29 is 22.7 Å². The number of anilines is 1. The van der Waals surface area contributed by atoms with Gasteiger partial charge in [-0.1, -0.05) is 41.4 Å². The highest BCUT2D eigenvalue weighted by atomic mass is 35.5. The van der Waals surface area contributed by atoms with Gasteiger partial charge in [0.2, 0.25) is 0 Å². The molecule has 0 aliphatic carbocycles. The summed E-state index contributed by atoms with van der Waals surface area (Å²) >= 11 is 11.9. The van der Waals surface area contributed by atoms with E-state index in [1.165, 1.54) is 38.4 Å². The number of halogens is 2. The fraction of sp³-hybridized carbons (Fsp3) is 0.136. The Morgan fingerprint density at radius 2 is 1.68 bits per heavy atom. The Kier molecular flexibility index (Phi) is 7.10. The first-order valence-electron chi connectivity index (χ1n) is 9.07. The van der Waals surface area contributed by atoms with Gasteiger partial charge in [-0.05, 0) is 48.5 Å². The van der Waals surface area contributed by atoms with Crippen LogP contribution in [0, 0.1) is 0 Å². The molecule has 0 aliphatic heterocycles. The summed E-state index contributed by atoms with van der Waals surface area (Å²) in [5.41, 5.74) is 1.22. The average molecular weight is 480 g/mol. The molecule has 0 bridgehead atoms. The lowest BCUT2D eigenvalue weighted by molar-refractivity contribution is 0.0473. The van der Waals surface area contributed by atoms with Crippen LogP contribution >= 0.6 is 23.2 Å². The Hall–Kier alpha value is -2.74. The van der Waals surface area contributed by atoms with Crippen LogP contribution in [0.5, 0.6) is 5.75 Å². The van der Waals surface area contributed by atoms with Crippen molar-refractivity contribution in [3.05, 3.63) is 87.9 Å². The molecule has 0 saturated carbocycles. The van der Waals surface area contributed by atoms with Crippen LogP contribution < -0.4 is 9.04 Å². The lowest BCUT2D eigenvalue weighted by Crippen LogP contribution is -2.27. The average Bonchev–Trinajstić information content (AvgIpc) is 2.77. The van der Waals surface area contributed by atoms with Crippen LogP contribution in [0.4, 0.5) is 5.69 Å². The molecule has 0 spiro atoms. The lowest BCUT2D eigenvalue weighted by atomic mass is 10.2. The van der Waals surface area contributed by atoms with E-state index >= 15 is 0 Å².